The Hall–Kier alpha value is -3.09. The predicted molar refractivity (Wildman–Crippen MR) is 94.1 cm³/mol. The molecule has 7 heteroatoms. The number of anilines is 1. The van der Waals surface area contributed by atoms with Gasteiger partial charge >= 0.3 is 12.1 Å². The molecule has 2 aromatic rings. The van der Waals surface area contributed by atoms with E-state index in [9.17, 15) is 14.0 Å². The number of amides is 1. The van der Waals surface area contributed by atoms with Crippen LogP contribution in [0.15, 0.2) is 42.5 Å². The van der Waals surface area contributed by atoms with Crippen LogP contribution in [0.5, 0.6) is 11.5 Å². The van der Waals surface area contributed by atoms with Gasteiger partial charge in [-0.25, -0.2) is 14.0 Å². The van der Waals surface area contributed by atoms with Gasteiger partial charge in [0, 0.05) is 6.07 Å². The molecule has 0 unspecified atom stereocenters. The van der Waals surface area contributed by atoms with Crippen molar-refractivity contribution < 1.29 is 28.2 Å². The molecule has 0 heterocycles. The second kappa shape index (κ2) is 7.86. The summed E-state index contributed by atoms with van der Waals surface area (Å²) in [6.45, 7) is 5.13. The van der Waals surface area contributed by atoms with Gasteiger partial charge in [0.15, 0.2) is 5.82 Å². The lowest BCUT2D eigenvalue weighted by atomic mass is 10.2. The van der Waals surface area contributed by atoms with E-state index in [4.69, 9.17) is 9.47 Å². The van der Waals surface area contributed by atoms with E-state index in [0.717, 1.165) is 6.07 Å². The molecule has 0 aliphatic carbocycles. The molecule has 0 aliphatic heterocycles. The SMILES string of the molecule is COC(=O)c1cccc(Oc2ccc(NC(=O)OC(C)(C)C)c(F)c2)c1. The summed E-state index contributed by atoms with van der Waals surface area (Å²) in [7, 11) is 1.28. The number of hydrogen-bond acceptors (Lipinski definition) is 5. The lowest BCUT2D eigenvalue weighted by Crippen LogP contribution is -2.27. The Morgan fingerprint density at radius 3 is 2.35 bits per heavy atom. The average Bonchev–Trinajstić information content (AvgIpc) is 2.55. The van der Waals surface area contributed by atoms with Crippen LogP contribution < -0.4 is 10.1 Å². The Labute approximate surface area is 150 Å². The molecule has 0 aliphatic rings. The van der Waals surface area contributed by atoms with Gasteiger partial charge in [0.1, 0.15) is 17.1 Å². The molecule has 1 amide bonds. The fourth-order valence-electron chi connectivity index (χ4n) is 2.01. The molecule has 1 N–H and O–H groups in total. The van der Waals surface area contributed by atoms with E-state index in [1.54, 1.807) is 39.0 Å². The highest BCUT2D eigenvalue weighted by atomic mass is 19.1. The summed E-state index contributed by atoms with van der Waals surface area (Å²) in [5.74, 6) is -0.629. The van der Waals surface area contributed by atoms with Crippen molar-refractivity contribution in [2.45, 2.75) is 26.4 Å². The highest BCUT2D eigenvalue weighted by Gasteiger charge is 2.17. The maximum atomic E-state index is 14.2. The molecule has 0 bridgehead atoms. The Kier molecular flexibility index (Phi) is 5.82. The molecule has 0 fully saturated rings. The van der Waals surface area contributed by atoms with Crippen molar-refractivity contribution in [1.82, 2.24) is 0 Å². The van der Waals surface area contributed by atoms with Crippen LogP contribution in [-0.4, -0.2) is 24.8 Å². The first-order valence-corrected chi connectivity index (χ1v) is 7.84. The maximum absolute atomic E-state index is 14.2. The number of esters is 1. The van der Waals surface area contributed by atoms with Gasteiger partial charge in [0.25, 0.3) is 0 Å². The molecule has 0 atom stereocenters. The lowest BCUT2D eigenvalue weighted by molar-refractivity contribution is 0.0598. The normalized spacial score (nSPS) is 10.8. The highest BCUT2D eigenvalue weighted by Crippen LogP contribution is 2.26. The van der Waals surface area contributed by atoms with E-state index >= 15 is 0 Å². The van der Waals surface area contributed by atoms with Crippen LogP contribution in [0.4, 0.5) is 14.9 Å². The van der Waals surface area contributed by atoms with E-state index in [2.05, 4.69) is 10.1 Å². The number of carbonyl (C=O) groups excluding carboxylic acids is 2. The summed E-state index contributed by atoms with van der Waals surface area (Å²) < 4.78 is 29.4. The number of carbonyl (C=O) groups is 2. The molecule has 2 rings (SSSR count). The van der Waals surface area contributed by atoms with Crippen LogP contribution >= 0.6 is 0 Å². The quantitative estimate of drug-likeness (QED) is 0.796. The van der Waals surface area contributed by atoms with Gasteiger partial charge in [-0.2, -0.15) is 0 Å². The molecule has 0 saturated heterocycles. The minimum absolute atomic E-state index is 0.0325. The van der Waals surface area contributed by atoms with E-state index in [1.807, 2.05) is 0 Å². The number of benzene rings is 2. The summed E-state index contributed by atoms with van der Waals surface area (Å²) in [5, 5.41) is 2.34. The number of ether oxygens (including phenoxy) is 3. The second-order valence-electron chi connectivity index (χ2n) is 6.39. The summed E-state index contributed by atoms with van der Waals surface area (Å²) in [6.07, 6.45) is -0.754. The molecule has 0 spiro atoms. The molecule has 0 radical (unpaired) electrons. The van der Waals surface area contributed by atoms with Crippen LogP contribution in [-0.2, 0) is 9.47 Å². The van der Waals surface area contributed by atoms with Crippen molar-refractivity contribution in [3.63, 3.8) is 0 Å². The Morgan fingerprint density at radius 1 is 1.04 bits per heavy atom. The van der Waals surface area contributed by atoms with Gasteiger partial charge in [0.05, 0.1) is 18.4 Å². The van der Waals surface area contributed by atoms with Crippen LogP contribution in [0.2, 0.25) is 0 Å². The predicted octanol–water partition coefficient (Wildman–Crippen LogP) is 4.75. The van der Waals surface area contributed by atoms with E-state index in [-0.39, 0.29) is 11.4 Å². The molecule has 26 heavy (non-hydrogen) atoms. The van der Waals surface area contributed by atoms with Crippen LogP contribution in [0, 0.1) is 5.82 Å². The third-order valence-electron chi connectivity index (χ3n) is 3.07. The van der Waals surface area contributed by atoms with Crippen molar-refractivity contribution in [1.29, 1.82) is 0 Å². The topological polar surface area (TPSA) is 73.9 Å². The first kappa shape index (κ1) is 19.2. The van der Waals surface area contributed by atoms with Gasteiger partial charge in [0.2, 0.25) is 0 Å². The maximum Gasteiger partial charge on any atom is 0.412 e. The van der Waals surface area contributed by atoms with E-state index < -0.39 is 23.5 Å². The number of rotatable bonds is 4. The van der Waals surface area contributed by atoms with E-state index in [0.29, 0.717) is 11.3 Å². The third kappa shape index (κ3) is 5.47. The van der Waals surface area contributed by atoms with Gasteiger partial charge in [-0.3, -0.25) is 5.32 Å². The Morgan fingerprint density at radius 2 is 1.73 bits per heavy atom. The molecular formula is C19H20FNO5. The van der Waals surface area contributed by atoms with E-state index in [1.165, 1.54) is 25.3 Å². The fourth-order valence-corrected chi connectivity index (χ4v) is 2.01. The smallest absolute Gasteiger partial charge is 0.412 e. The molecule has 138 valence electrons. The van der Waals surface area contributed by atoms with Crippen molar-refractivity contribution in [2.24, 2.45) is 0 Å². The summed E-state index contributed by atoms with van der Waals surface area (Å²) >= 11 is 0. The van der Waals surface area contributed by atoms with Crippen molar-refractivity contribution in [2.75, 3.05) is 12.4 Å². The lowest BCUT2D eigenvalue weighted by Gasteiger charge is -2.19. The number of halogens is 1. The zero-order valence-electron chi connectivity index (χ0n) is 15.0. The Balaban J connectivity index is 2.10. The summed E-state index contributed by atoms with van der Waals surface area (Å²) in [4.78, 5) is 23.2. The summed E-state index contributed by atoms with van der Waals surface area (Å²) in [6, 6.07) is 10.3. The van der Waals surface area contributed by atoms with Gasteiger partial charge in [-0.05, 0) is 51.1 Å². The number of hydrogen-bond donors (Lipinski definition) is 1. The molecular weight excluding hydrogens is 341 g/mol. The Bertz CT molecular complexity index is 814. The average molecular weight is 361 g/mol. The standard InChI is InChI=1S/C19H20FNO5/c1-19(2,3)26-18(23)21-16-9-8-14(11-15(16)20)25-13-7-5-6-12(10-13)17(22)24-4/h5-11H,1-4H3,(H,21,23). The second-order valence-corrected chi connectivity index (χ2v) is 6.39. The van der Waals surface area contributed by atoms with Gasteiger partial charge in [-0.1, -0.05) is 6.07 Å². The molecule has 0 saturated carbocycles. The fraction of sp³-hybridized carbons (Fsp3) is 0.263. The van der Waals surface area contributed by atoms with Crippen LogP contribution in [0.25, 0.3) is 0 Å². The van der Waals surface area contributed by atoms with Gasteiger partial charge in [-0.15, -0.1) is 0 Å². The van der Waals surface area contributed by atoms with Crippen molar-refractivity contribution in [3.8, 4) is 11.5 Å². The summed E-state index contributed by atoms with van der Waals surface area (Å²) in [5.41, 5.74) is -0.405. The zero-order valence-corrected chi connectivity index (χ0v) is 15.0. The van der Waals surface area contributed by atoms with Crippen LogP contribution in [0.1, 0.15) is 31.1 Å². The molecule has 6 nitrogen and oxygen atoms in total. The van der Waals surface area contributed by atoms with Gasteiger partial charge < -0.3 is 14.2 Å². The van der Waals surface area contributed by atoms with Crippen LogP contribution in [0.3, 0.4) is 0 Å². The largest absolute Gasteiger partial charge is 0.465 e. The molecule has 2 aromatic carbocycles. The first-order valence-electron chi connectivity index (χ1n) is 7.84. The monoisotopic (exact) mass is 361 g/mol. The van der Waals surface area contributed by atoms with Crippen molar-refractivity contribution in [3.05, 3.63) is 53.8 Å². The minimum atomic E-state index is -0.754. The first-order chi connectivity index (χ1) is 12.2. The number of methoxy groups -OCH3 is 1. The van der Waals surface area contributed by atoms with Crippen molar-refractivity contribution >= 4 is 17.7 Å². The minimum Gasteiger partial charge on any atom is -0.465 e. The zero-order chi connectivity index (χ0) is 19.3. The number of nitrogens with one attached hydrogen (secondary N) is 1. The third-order valence-corrected chi connectivity index (χ3v) is 3.07. The highest BCUT2D eigenvalue weighted by molar-refractivity contribution is 5.89. The molecule has 0 aromatic heterocycles.